The number of amides is 1. The van der Waals surface area contributed by atoms with E-state index in [2.05, 4.69) is 27.7 Å². The number of hydrogen-bond donors (Lipinski definition) is 2. The first-order valence-electron chi connectivity index (χ1n) is 11.0. The third-order valence-electron chi connectivity index (χ3n) is 6.44. The number of halogens is 1. The number of nitrogens with one attached hydrogen (secondary N) is 2. The summed E-state index contributed by atoms with van der Waals surface area (Å²) in [7, 11) is 1.99. The van der Waals surface area contributed by atoms with Gasteiger partial charge in [0, 0.05) is 60.6 Å². The van der Waals surface area contributed by atoms with Gasteiger partial charge in [0.2, 0.25) is 5.91 Å². The van der Waals surface area contributed by atoms with Crippen LogP contribution >= 0.6 is 11.6 Å². The summed E-state index contributed by atoms with van der Waals surface area (Å²) in [4.78, 5) is 28.1. The Labute approximate surface area is 192 Å². The molecule has 170 valence electrons. The van der Waals surface area contributed by atoms with Crippen LogP contribution in [0.2, 0.25) is 5.02 Å². The van der Waals surface area contributed by atoms with Crippen LogP contribution in [0.5, 0.6) is 0 Å². The van der Waals surface area contributed by atoms with Crippen LogP contribution in [0.1, 0.15) is 19.3 Å². The molecule has 32 heavy (non-hydrogen) atoms. The average molecular weight is 458 g/mol. The molecule has 2 aliphatic rings. The number of nitro benzene ring substituents is 1. The fourth-order valence-electron chi connectivity index (χ4n) is 4.52. The highest BCUT2D eigenvalue weighted by molar-refractivity contribution is 6.30. The van der Waals surface area contributed by atoms with Crippen molar-refractivity contribution >= 4 is 40.3 Å². The zero-order chi connectivity index (χ0) is 22.7. The molecule has 2 aromatic carbocycles. The number of nitrogens with zero attached hydrogens (tertiary/aromatic N) is 3. The van der Waals surface area contributed by atoms with Gasteiger partial charge in [-0.05, 0) is 62.7 Å². The van der Waals surface area contributed by atoms with Gasteiger partial charge in [-0.3, -0.25) is 14.9 Å². The van der Waals surface area contributed by atoms with Crippen molar-refractivity contribution in [3.05, 3.63) is 57.6 Å². The van der Waals surface area contributed by atoms with E-state index in [1.165, 1.54) is 11.8 Å². The Morgan fingerprint density at radius 1 is 1.06 bits per heavy atom. The number of benzene rings is 2. The largest absolute Gasteiger partial charge is 0.370 e. The minimum absolute atomic E-state index is 0.000433. The van der Waals surface area contributed by atoms with Crippen molar-refractivity contribution in [2.24, 2.45) is 5.92 Å². The number of rotatable bonds is 6. The van der Waals surface area contributed by atoms with Gasteiger partial charge in [0.05, 0.1) is 4.92 Å². The van der Waals surface area contributed by atoms with E-state index >= 15 is 0 Å². The maximum atomic E-state index is 12.8. The van der Waals surface area contributed by atoms with E-state index in [0.29, 0.717) is 42.7 Å². The molecule has 2 heterocycles. The molecular weight excluding hydrogens is 430 g/mol. The first-order chi connectivity index (χ1) is 15.4. The number of carbonyl (C=O) groups is 1. The number of likely N-dealkylation sites (N-methyl/N-ethyl adjacent to an activating group) is 1. The summed E-state index contributed by atoms with van der Waals surface area (Å²) in [6, 6.07) is 13.2. The second-order valence-electron chi connectivity index (χ2n) is 8.41. The summed E-state index contributed by atoms with van der Waals surface area (Å²) in [5.41, 5.74) is 2.51. The van der Waals surface area contributed by atoms with Crippen molar-refractivity contribution in [2.45, 2.75) is 25.3 Å². The van der Waals surface area contributed by atoms with Gasteiger partial charge in [0.15, 0.2) is 0 Å². The number of nitro groups is 1. The van der Waals surface area contributed by atoms with Gasteiger partial charge in [-0.1, -0.05) is 11.6 Å². The van der Waals surface area contributed by atoms with Gasteiger partial charge in [-0.25, -0.2) is 0 Å². The van der Waals surface area contributed by atoms with E-state index in [0.717, 1.165) is 25.2 Å². The predicted octanol–water partition coefficient (Wildman–Crippen LogP) is 3.90. The molecule has 2 saturated heterocycles. The molecule has 4 rings (SSSR count). The Kier molecular flexibility index (Phi) is 6.81. The van der Waals surface area contributed by atoms with Crippen LogP contribution in [0.4, 0.5) is 22.7 Å². The molecular formula is C23H28ClN5O3. The highest BCUT2D eigenvalue weighted by atomic mass is 35.5. The minimum atomic E-state index is -0.412. The Morgan fingerprint density at radius 3 is 2.38 bits per heavy atom. The summed E-state index contributed by atoms with van der Waals surface area (Å²) in [5, 5.41) is 18.1. The lowest BCUT2D eigenvalue weighted by Gasteiger charge is -2.32. The monoisotopic (exact) mass is 457 g/mol. The molecule has 0 spiro atoms. The van der Waals surface area contributed by atoms with Gasteiger partial charge in [0.25, 0.3) is 5.69 Å². The Balaban J connectivity index is 1.32. The fraction of sp³-hybridized carbons (Fsp3) is 0.435. The highest BCUT2D eigenvalue weighted by Crippen LogP contribution is 2.34. The molecule has 8 nitrogen and oxygen atoms in total. The smallest absolute Gasteiger partial charge is 0.294 e. The average Bonchev–Trinajstić information content (AvgIpc) is 3.29. The van der Waals surface area contributed by atoms with E-state index in [9.17, 15) is 14.9 Å². The van der Waals surface area contributed by atoms with Gasteiger partial charge in [0.1, 0.15) is 5.69 Å². The lowest BCUT2D eigenvalue weighted by molar-refractivity contribution is -0.384. The van der Waals surface area contributed by atoms with Gasteiger partial charge < -0.3 is 20.4 Å². The Bertz CT molecular complexity index is 976. The first kappa shape index (κ1) is 22.4. The number of piperidine rings is 1. The number of carbonyl (C=O) groups excluding carboxylic acids is 1. The van der Waals surface area contributed by atoms with Gasteiger partial charge in [-0.15, -0.1) is 0 Å². The molecule has 2 N–H and O–H groups in total. The SMILES string of the molecule is CNC1CCN(c2ccc(NC(=O)C3CCN(c4ccc(Cl)cc4[N+](=O)[O-])CC3)cc2)C1. The first-order valence-corrected chi connectivity index (χ1v) is 11.3. The van der Waals surface area contributed by atoms with Gasteiger partial charge in [-0.2, -0.15) is 0 Å². The summed E-state index contributed by atoms with van der Waals surface area (Å²) < 4.78 is 0. The second kappa shape index (κ2) is 9.75. The summed E-state index contributed by atoms with van der Waals surface area (Å²) in [6.07, 6.45) is 2.42. The van der Waals surface area contributed by atoms with E-state index in [-0.39, 0.29) is 17.5 Å². The molecule has 2 aromatic rings. The summed E-state index contributed by atoms with van der Waals surface area (Å²) >= 11 is 5.92. The van der Waals surface area contributed by atoms with Crippen molar-refractivity contribution in [1.29, 1.82) is 0 Å². The molecule has 0 aliphatic carbocycles. The Hall–Kier alpha value is -2.84. The molecule has 9 heteroatoms. The molecule has 2 aliphatic heterocycles. The maximum Gasteiger partial charge on any atom is 0.294 e. The van der Waals surface area contributed by atoms with Crippen molar-refractivity contribution in [1.82, 2.24) is 5.32 Å². The third-order valence-corrected chi connectivity index (χ3v) is 6.67. The minimum Gasteiger partial charge on any atom is -0.370 e. The maximum absolute atomic E-state index is 12.8. The van der Waals surface area contributed by atoms with Crippen LogP contribution in [0.25, 0.3) is 0 Å². The van der Waals surface area contributed by atoms with Crippen molar-refractivity contribution < 1.29 is 9.72 Å². The van der Waals surface area contributed by atoms with Crippen molar-refractivity contribution in [3.8, 4) is 0 Å². The van der Waals surface area contributed by atoms with Crippen molar-refractivity contribution in [2.75, 3.05) is 48.3 Å². The normalized spacial score (nSPS) is 19.2. The molecule has 0 saturated carbocycles. The summed E-state index contributed by atoms with van der Waals surface area (Å²) in [5.74, 6) is -0.119. The van der Waals surface area contributed by atoms with Crippen LogP contribution in [-0.2, 0) is 4.79 Å². The summed E-state index contributed by atoms with van der Waals surface area (Å²) in [6.45, 7) is 3.19. The van der Waals surface area contributed by atoms with E-state index in [4.69, 9.17) is 11.6 Å². The second-order valence-corrected chi connectivity index (χ2v) is 8.84. The van der Waals surface area contributed by atoms with E-state index in [1.807, 2.05) is 24.1 Å². The van der Waals surface area contributed by atoms with Crippen LogP contribution in [0.15, 0.2) is 42.5 Å². The third kappa shape index (κ3) is 4.97. The lowest BCUT2D eigenvalue weighted by Crippen LogP contribution is -2.38. The highest BCUT2D eigenvalue weighted by Gasteiger charge is 2.28. The standard InChI is InChI=1S/C23H28ClN5O3/c1-25-19-10-13-28(15-19)20-5-3-18(4-6-20)26-23(30)16-8-11-27(12-9-16)21-7-2-17(24)14-22(21)29(31)32/h2-7,14,16,19,25H,8-13,15H2,1H3,(H,26,30). The van der Waals surface area contributed by atoms with Crippen LogP contribution in [0.3, 0.4) is 0 Å². The lowest BCUT2D eigenvalue weighted by atomic mass is 9.95. The fourth-order valence-corrected chi connectivity index (χ4v) is 4.69. The van der Waals surface area contributed by atoms with E-state index in [1.54, 1.807) is 12.1 Å². The number of anilines is 3. The predicted molar refractivity (Wildman–Crippen MR) is 128 cm³/mol. The quantitative estimate of drug-likeness (QED) is 0.505. The van der Waals surface area contributed by atoms with Crippen molar-refractivity contribution in [3.63, 3.8) is 0 Å². The van der Waals surface area contributed by atoms with Crippen LogP contribution in [0, 0.1) is 16.0 Å². The van der Waals surface area contributed by atoms with Gasteiger partial charge >= 0.3 is 0 Å². The Morgan fingerprint density at radius 2 is 1.75 bits per heavy atom. The van der Waals surface area contributed by atoms with E-state index < -0.39 is 4.92 Å². The zero-order valence-corrected chi connectivity index (χ0v) is 18.8. The molecule has 1 amide bonds. The molecule has 0 aromatic heterocycles. The number of hydrogen-bond acceptors (Lipinski definition) is 6. The topological polar surface area (TPSA) is 90.8 Å². The zero-order valence-electron chi connectivity index (χ0n) is 18.1. The van der Waals surface area contributed by atoms with Crippen LogP contribution in [-0.4, -0.2) is 50.1 Å². The van der Waals surface area contributed by atoms with Crippen LogP contribution < -0.4 is 20.4 Å². The molecule has 1 unspecified atom stereocenters. The molecule has 0 bridgehead atoms. The molecule has 2 fully saturated rings. The molecule has 1 atom stereocenters. The molecule has 0 radical (unpaired) electrons.